The molecule has 1 N–H and O–H groups in total. The van der Waals surface area contributed by atoms with Crippen molar-refractivity contribution in [3.8, 4) is 0 Å². The van der Waals surface area contributed by atoms with Crippen LogP contribution in [0.15, 0.2) is 24.3 Å². The molecule has 1 amide bonds. The molecule has 1 aromatic carbocycles. The number of carbonyl (C=O) groups is 1. The first-order chi connectivity index (χ1) is 10.6. The molecule has 0 spiro atoms. The third-order valence-electron chi connectivity index (χ3n) is 3.76. The first kappa shape index (κ1) is 16.7. The summed E-state index contributed by atoms with van der Waals surface area (Å²) in [5, 5.41) is 2.90. The highest BCUT2D eigenvalue weighted by Gasteiger charge is 2.21. The first-order valence-electron chi connectivity index (χ1n) is 7.60. The average Bonchev–Trinajstić information content (AvgIpc) is 2.49. The maximum atomic E-state index is 13.8. The van der Waals surface area contributed by atoms with E-state index < -0.39 is 0 Å². The van der Waals surface area contributed by atoms with Gasteiger partial charge in [-0.3, -0.25) is 9.69 Å². The number of para-hydroxylation sites is 1. The molecule has 1 atom stereocenters. The van der Waals surface area contributed by atoms with Crippen LogP contribution in [0.3, 0.4) is 0 Å². The number of carbonyl (C=O) groups excluding carboxylic acids is 1. The molecule has 1 heterocycles. The Bertz CT molecular complexity index is 490. The van der Waals surface area contributed by atoms with Crippen LogP contribution >= 0.6 is 0 Å². The third kappa shape index (κ3) is 4.68. The molecule has 122 valence electrons. The highest BCUT2D eigenvalue weighted by molar-refractivity contribution is 5.78. The molecule has 1 aromatic rings. The van der Waals surface area contributed by atoms with Gasteiger partial charge in [0.1, 0.15) is 5.82 Å². The van der Waals surface area contributed by atoms with Crippen molar-refractivity contribution in [3.63, 3.8) is 0 Å². The number of ether oxygens (including phenoxy) is 1. The van der Waals surface area contributed by atoms with Crippen LogP contribution in [-0.2, 0) is 9.53 Å². The summed E-state index contributed by atoms with van der Waals surface area (Å²) in [6, 6.07) is 6.82. The number of hydrogen-bond donors (Lipinski definition) is 1. The molecule has 0 bridgehead atoms. The Labute approximate surface area is 131 Å². The zero-order valence-corrected chi connectivity index (χ0v) is 13.2. The zero-order chi connectivity index (χ0) is 15.9. The molecule has 1 saturated heterocycles. The second-order valence-corrected chi connectivity index (χ2v) is 5.64. The molecule has 22 heavy (non-hydrogen) atoms. The lowest BCUT2D eigenvalue weighted by Crippen LogP contribution is -2.50. The van der Waals surface area contributed by atoms with Crippen LogP contribution in [0.5, 0.6) is 0 Å². The van der Waals surface area contributed by atoms with Gasteiger partial charge < -0.3 is 15.0 Å². The fourth-order valence-corrected chi connectivity index (χ4v) is 2.67. The van der Waals surface area contributed by atoms with Crippen molar-refractivity contribution in [1.82, 2.24) is 10.2 Å². The summed E-state index contributed by atoms with van der Waals surface area (Å²) in [6.07, 6.45) is 0. The predicted octanol–water partition coefficient (Wildman–Crippen LogP) is 1.10. The Morgan fingerprint density at radius 1 is 1.32 bits per heavy atom. The summed E-state index contributed by atoms with van der Waals surface area (Å²) in [6.45, 7) is 5.74. The number of anilines is 1. The molecular weight excluding hydrogens is 285 g/mol. The van der Waals surface area contributed by atoms with Gasteiger partial charge in [0.05, 0.1) is 18.8 Å². The monoisotopic (exact) mass is 309 g/mol. The SMILES string of the molecule is COCC(C)NC(=O)CN1CCN(c2ccccc2F)CC1. The van der Waals surface area contributed by atoms with E-state index in [0.29, 0.717) is 18.8 Å². The van der Waals surface area contributed by atoms with E-state index in [0.717, 1.165) is 26.2 Å². The fourth-order valence-electron chi connectivity index (χ4n) is 2.67. The van der Waals surface area contributed by atoms with Gasteiger partial charge in [-0.2, -0.15) is 0 Å². The van der Waals surface area contributed by atoms with E-state index in [9.17, 15) is 9.18 Å². The molecule has 1 fully saturated rings. The Morgan fingerprint density at radius 2 is 2.00 bits per heavy atom. The number of nitrogens with one attached hydrogen (secondary N) is 1. The minimum absolute atomic E-state index is 0.00360. The Balaban J connectivity index is 1.78. The van der Waals surface area contributed by atoms with Crippen LogP contribution in [0.2, 0.25) is 0 Å². The van der Waals surface area contributed by atoms with Gasteiger partial charge in [-0.1, -0.05) is 12.1 Å². The molecule has 0 radical (unpaired) electrons. The number of hydrogen-bond acceptors (Lipinski definition) is 4. The largest absolute Gasteiger partial charge is 0.383 e. The highest BCUT2D eigenvalue weighted by Crippen LogP contribution is 2.19. The van der Waals surface area contributed by atoms with E-state index in [1.165, 1.54) is 6.07 Å². The van der Waals surface area contributed by atoms with E-state index in [-0.39, 0.29) is 17.8 Å². The zero-order valence-electron chi connectivity index (χ0n) is 13.2. The number of benzene rings is 1. The standard InChI is InChI=1S/C16H24FN3O2/c1-13(12-22-2)18-16(21)11-19-7-9-20(10-8-19)15-6-4-3-5-14(15)17/h3-6,13H,7-12H2,1-2H3,(H,18,21). The van der Waals surface area contributed by atoms with E-state index in [4.69, 9.17) is 4.74 Å². The summed E-state index contributed by atoms with van der Waals surface area (Å²) < 4.78 is 18.8. The van der Waals surface area contributed by atoms with Gasteiger partial charge in [0.2, 0.25) is 5.91 Å². The lowest BCUT2D eigenvalue weighted by molar-refractivity contribution is -0.123. The molecule has 0 aromatic heterocycles. The van der Waals surface area contributed by atoms with Gasteiger partial charge in [0.25, 0.3) is 0 Å². The number of amides is 1. The summed E-state index contributed by atoms with van der Waals surface area (Å²) in [5.74, 6) is -0.189. The first-order valence-corrected chi connectivity index (χ1v) is 7.60. The van der Waals surface area contributed by atoms with Gasteiger partial charge in [0, 0.05) is 39.3 Å². The van der Waals surface area contributed by atoms with Gasteiger partial charge in [-0.25, -0.2) is 4.39 Å². The van der Waals surface area contributed by atoms with E-state index in [1.807, 2.05) is 17.9 Å². The van der Waals surface area contributed by atoms with Gasteiger partial charge in [0.15, 0.2) is 0 Å². The quantitative estimate of drug-likeness (QED) is 0.855. The maximum Gasteiger partial charge on any atom is 0.234 e. The smallest absolute Gasteiger partial charge is 0.234 e. The van der Waals surface area contributed by atoms with Crippen LogP contribution in [-0.4, -0.2) is 63.3 Å². The number of halogens is 1. The molecule has 5 nitrogen and oxygen atoms in total. The van der Waals surface area contributed by atoms with Crippen molar-refractivity contribution in [1.29, 1.82) is 0 Å². The topological polar surface area (TPSA) is 44.8 Å². The number of methoxy groups -OCH3 is 1. The molecule has 1 unspecified atom stereocenters. The minimum Gasteiger partial charge on any atom is -0.383 e. The lowest BCUT2D eigenvalue weighted by atomic mass is 10.2. The second-order valence-electron chi connectivity index (χ2n) is 5.64. The molecule has 6 heteroatoms. The molecule has 0 aliphatic carbocycles. The summed E-state index contributed by atoms with van der Waals surface area (Å²) >= 11 is 0. The molecule has 2 rings (SSSR count). The van der Waals surface area contributed by atoms with E-state index in [1.54, 1.807) is 19.2 Å². The van der Waals surface area contributed by atoms with Crippen LogP contribution in [0.1, 0.15) is 6.92 Å². The Hall–Kier alpha value is -1.66. The van der Waals surface area contributed by atoms with Gasteiger partial charge in [-0.15, -0.1) is 0 Å². The maximum absolute atomic E-state index is 13.8. The van der Waals surface area contributed by atoms with Crippen LogP contribution in [0.25, 0.3) is 0 Å². The molecule has 1 aliphatic heterocycles. The van der Waals surface area contributed by atoms with Crippen molar-refractivity contribution in [2.75, 3.05) is 51.3 Å². The normalized spacial score (nSPS) is 17.3. The van der Waals surface area contributed by atoms with Crippen molar-refractivity contribution in [2.45, 2.75) is 13.0 Å². The number of piperazine rings is 1. The number of rotatable bonds is 6. The molecule has 1 aliphatic rings. The third-order valence-corrected chi connectivity index (χ3v) is 3.76. The van der Waals surface area contributed by atoms with Crippen molar-refractivity contribution >= 4 is 11.6 Å². The Kier molecular flexibility index (Phi) is 6.15. The van der Waals surface area contributed by atoms with Crippen molar-refractivity contribution in [2.24, 2.45) is 0 Å². The fraction of sp³-hybridized carbons (Fsp3) is 0.562. The van der Waals surface area contributed by atoms with Gasteiger partial charge >= 0.3 is 0 Å². The van der Waals surface area contributed by atoms with E-state index >= 15 is 0 Å². The predicted molar refractivity (Wildman–Crippen MR) is 84.5 cm³/mol. The van der Waals surface area contributed by atoms with Crippen molar-refractivity contribution in [3.05, 3.63) is 30.1 Å². The highest BCUT2D eigenvalue weighted by atomic mass is 19.1. The summed E-state index contributed by atoms with van der Waals surface area (Å²) in [4.78, 5) is 16.0. The van der Waals surface area contributed by atoms with Crippen LogP contribution in [0.4, 0.5) is 10.1 Å². The average molecular weight is 309 g/mol. The minimum atomic E-state index is -0.193. The molecular formula is C16H24FN3O2. The second kappa shape index (κ2) is 8.10. The van der Waals surface area contributed by atoms with Crippen LogP contribution in [0, 0.1) is 5.82 Å². The van der Waals surface area contributed by atoms with Crippen LogP contribution < -0.4 is 10.2 Å². The summed E-state index contributed by atoms with van der Waals surface area (Å²) in [7, 11) is 1.62. The Morgan fingerprint density at radius 3 is 2.64 bits per heavy atom. The number of nitrogens with zero attached hydrogens (tertiary/aromatic N) is 2. The van der Waals surface area contributed by atoms with Gasteiger partial charge in [-0.05, 0) is 19.1 Å². The van der Waals surface area contributed by atoms with E-state index in [2.05, 4.69) is 10.2 Å². The summed E-state index contributed by atoms with van der Waals surface area (Å²) in [5.41, 5.74) is 0.639. The van der Waals surface area contributed by atoms with Crippen molar-refractivity contribution < 1.29 is 13.9 Å². The molecule has 0 saturated carbocycles. The lowest BCUT2D eigenvalue weighted by Gasteiger charge is -2.36.